The second kappa shape index (κ2) is 9.28. The van der Waals surface area contributed by atoms with E-state index < -0.39 is 6.16 Å². The fraction of sp³-hybridized carbons (Fsp3) is 0.0417. The molecule has 0 aliphatic carbocycles. The van der Waals surface area contributed by atoms with E-state index in [9.17, 15) is 14.4 Å². The van der Waals surface area contributed by atoms with E-state index in [1.54, 1.807) is 60.7 Å². The average molecular weight is 386 g/mol. The van der Waals surface area contributed by atoms with Crippen LogP contribution < -0.4 is 9.47 Å². The van der Waals surface area contributed by atoms with E-state index in [2.05, 4.69) is 6.58 Å². The van der Waals surface area contributed by atoms with Gasteiger partial charge in [-0.2, -0.15) is 0 Å². The molecule has 0 aliphatic heterocycles. The average Bonchev–Trinajstić information content (AvgIpc) is 2.75. The maximum Gasteiger partial charge on any atom is 0.519 e. The summed E-state index contributed by atoms with van der Waals surface area (Å²) in [6, 6.07) is 21.7. The maximum atomic E-state index is 12.4. The Bertz CT molecular complexity index is 1020. The molecule has 0 atom stereocenters. The molecule has 5 heteroatoms. The van der Waals surface area contributed by atoms with E-state index in [4.69, 9.17) is 9.47 Å². The molecule has 0 bridgehead atoms. The third kappa shape index (κ3) is 5.49. The second-order valence-corrected chi connectivity index (χ2v) is 6.16. The van der Waals surface area contributed by atoms with E-state index in [0.717, 1.165) is 5.56 Å². The Morgan fingerprint density at radius 3 is 1.79 bits per heavy atom. The first-order valence-electron chi connectivity index (χ1n) is 8.89. The van der Waals surface area contributed by atoms with Crippen molar-refractivity contribution in [1.82, 2.24) is 0 Å². The summed E-state index contributed by atoms with van der Waals surface area (Å²) in [5, 5.41) is 0. The van der Waals surface area contributed by atoms with Gasteiger partial charge in [-0.3, -0.25) is 9.59 Å². The van der Waals surface area contributed by atoms with Crippen LogP contribution in [0.2, 0.25) is 0 Å². The smallest absolute Gasteiger partial charge is 0.395 e. The van der Waals surface area contributed by atoms with Crippen molar-refractivity contribution in [3.05, 3.63) is 108 Å². The number of benzene rings is 3. The largest absolute Gasteiger partial charge is 0.519 e. The first kappa shape index (κ1) is 19.8. The zero-order chi connectivity index (χ0) is 20.6. The number of hydrogen-bond acceptors (Lipinski definition) is 5. The Morgan fingerprint density at radius 1 is 0.724 bits per heavy atom. The minimum absolute atomic E-state index is 0.0905. The highest BCUT2D eigenvalue weighted by Crippen LogP contribution is 2.18. The molecule has 0 saturated heterocycles. The van der Waals surface area contributed by atoms with Crippen molar-refractivity contribution in [3.8, 4) is 11.5 Å². The van der Waals surface area contributed by atoms with Gasteiger partial charge in [-0.05, 0) is 48.0 Å². The van der Waals surface area contributed by atoms with Gasteiger partial charge in [0.1, 0.15) is 11.5 Å². The third-order valence-electron chi connectivity index (χ3n) is 4.08. The summed E-state index contributed by atoms with van der Waals surface area (Å²) in [4.78, 5) is 35.7. The highest BCUT2D eigenvalue weighted by atomic mass is 16.7. The van der Waals surface area contributed by atoms with Crippen LogP contribution in [0.1, 0.15) is 21.5 Å². The second-order valence-electron chi connectivity index (χ2n) is 6.16. The predicted molar refractivity (Wildman–Crippen MR) is 108 cm³/mol. The highest BCUT2D eigenvalue weighted by Gasteiger charge is 2.11. The van der Waals surface area contributed by atoms with Crippen molar-refractivity contribution in [2.75, 3.05) is 0 Å². The van der Waals surface area contributed by atoms with Crippen LogP contribution in [-0.2, 0) is 11.2 Å². The van der Waals surface area contributed by atoms with Gasteiger partial charge in [-0.15, -0.1) is 0 Å². The van der Waals surface area contributed by atoms with Crippen molar-refractivity contribution in [3.63, 3.8) is 0 Å². The molecular weight excluding hydrogens is 368 g/mol. The summed E-state index contributed by atoms with van der Waals surface area (Å²) in [5.74, 6) is 0.343. The van der Waals surface area contributed by atoms with Crippen molar-refractivity contribution < 1.29 is 23.9 Å². The minimum atomic E-state index is -0.901. The molecule has 3 rings (SSSR count). The molecule has 3 aromatic carbocycles. The molecule has 144 valence electrons. The molecule has 0 spiro atoms. The van der Waals surface area contributed by atoms with Crippen LogP contribution in [0.3, 0.4) is 0 Å². The molecule has 0 aliphatic rings. The molecule has 29 heavy (non-hydrogen) atoms. The van der Waals surface area contributed by atoms with Gasteiger partial charge in [0.05, 0.1) is 0 Å². The summed E-state index contributed by atoms with van der Waals surface area (Å²) < 4.78 is 10.2. The van der Waals surface area contributed by atoms with Crippen LogP contribution in [0.15, 0.2) is 91.5 Å². The fourth-order valence-corrected chi connectivity index (χ4v) is 2.59. The zero-order valence-corrected chi connectivity index (χ0v) is 15.5. The minimum Gasteiger partial charge on any atom is -0.395 e. The topological polar surface area (TPSA) is 69.7 Å². The van der Waals surface area contributed by atoms with Crippen molar-refractivity contribution in [2.24, 2.45) is 0 Å². The standard InChI is InChI=1S/C24H18O5/c1-2-20(25)16-17-8-12-21(13-9-17)28-24(27)29-22-14-10-19(11-15-22)23(26)18-6-4-3-5-7-18/h2-15H,1,16H2. The molecule has 0 radical (unpaired) electrons. The third-order valence-corrected chi connectivity index (χ3v) is 4.08. The van der Waals surface area contributed by atoms with Crippen LogP contribution in [0.25, 0.3) is 0 Å². The molecule has 0 amide bonds. The van der Waals surface area contributed by atoms with Crippen LogP contribution in [-0.4, -0.2) is 17.7 Å². The summed E-state index contributed by atoms with van der Waals surface area (Å²) in [6.45, 7) is 3.43. The molecule has 0 aromatic heterocycles. The summed E-state index contributed by atoms with van der Waals surface area (Å²) in [7, 11) is 0. The lowest BCUT2D eigenvalue weighted by atomic mass is 10.0. The van der Waals surface area contributed by atoms with Crippen molar-refractivity contribution in [1.29, 1.82) is 0 Å². The number of rotatable bonds is 7. The highest BCUT2D eigenvalue weighted by molar-refractivity contribution is 6.09. The van der Waals surface area contributed by atoms with E-state index in [1.807, 2.05) is 6.07 Å². The number of carbonyl (C=O) groups is 3. The number of ketones is 2. The van der Waals surface area contributed by atoms with Gasteiger partial charge in [0, 0.05) is 17.5 Å². The number of carbonyl (C=O) groups excluding carboxylic acids is 3. The van der Waals surface area contributed by atoms with Gasteiger partial charge in [-0.25, -0.2) is 4.79 Å². The molecule has 3 aromatic rings. The van der Waals surface area contributed by atoms with Crippen LogP contribution >= 0.6 is 0 Å². The van der Waals surface area contributed by atoms with Gasteiger partial charge >= 0.3 is 6.16 Å². The lowest BCUT2D eigenvalue weighted by Gasteiger charge is -2.07. The van der Waals surface area contributed by atoms with E-state index in [1.165, 1.54) is 18.2 Å². The number of hydrogen-bond donors (Lipinski definition) is 0. The predicted octanol–water partition coefficient (Wildman–Crippen LogP) is 4.79. The Hall–Kier alpha value is -3.99. The first-order chi connectivity index (χ1) is 14.0. The zero-order valence-electron chi connectivity index (χ0n) is 15.5. The van der Waals surface area contributed by atoms with Crippen LogP contribution in [0, 0.1) is 0 Å². The summed E-state index contributed by atoms with van der Waals surface area (Å²) in [5.41, 5.74) is 1.86. The van der Waals surface area contributed by atoms with Gasteiger partial charge in [0.2, 0.25) is 0 Å². The Labute approximate surface area is 168 Å². The van der Waals surface area contributed by atoms with Gasteiger partial charge in [0.25, 0.3) is 0 Å². The number of ether oxygens (including phenoxy) is 2. The van der Waals surface area contributed by atoms with Gasteiger partial charge < -0.3 is 9.47 Å². The SMILES string of the molecule is C=CC(=O)Cc1ccc(OC(=O)Oc2ccc(C(=O)c3ccccc3)cc2)cc1. The van der Waals surface area contributed by atoms with Crippen molar-refractivity contribution >= 4 is 17.7 Å². The molecule has 0 saturated carbocycles. The lowest BCUT2D eigenvalue weighted by Crippen LogP contribution is -2.14. The van der Waals surface area contributed by atoms with E-state index >= 15 is 0 Å². The number of allylic oxidation sites excluding steroid dienone is 1. The van der Waals surface area contributed by atoms with E-state index in [-0.39, 0.29) is 23.7 Å². The van der Waals surface area contributed by atoms with Gasteiger partial charge in [-0.1, -0.05) is 49.0 Å². The normalized spacial score (nSPS) is 10.1. The summed E-state index contributed by atoms with van der Waals surface area (Å²) in [6.07, 6.45) is 0.602. The molecule has 0 fully saturated rings. The van der Waals surface area contributed by atoms with Crippen LogP contribution in [0.4, 0.5) is 4.79 Å². The van der Waals surface area contributed by atoms with Gasteiger partial charge in [0.15, 0.2) is 11.6 Å². The fourth-order valence-electron chi connectivity index (χ4n) is 2.59. The molecular formula is C24H18O5. The first-order valence-corrected chi connectivity index (χ1v) is 8.89. The van der Waals surface area contributed by atoms with Crippen LogP contribution in [0.5, 0.6) is 11.5 Å². The van der Waals surface area contributed by atoms with Crippen molar-refractivity contribution in [2.45, 2.75) is 6.42 Å². The Kier molecular flexibility index (Phi) is 6.32. The molecule has 0 unspecified atom stereocenters. The maximum absolute atomic E-state index is 12.4. The molecule has 0 N–H and O–H groups in total. The Balaban J connectivity index is 1.57. The summed E-state index contributed by atoms with van der Waals surface area (Å²) >= 11 is 0. The molecule has 0 heterocycles. The molecule has 5 nitrogen and oxygen atoms in total. The Morgan fingerprint density at radius 2 is 1.24 bits per heavy atom. The van der Waals surface area contributed by atoms with E-state index in [0.29, 0.717) is 16.9 Å². The quantitative estimate of drug-likeness (QED) is 0.253. The monoisotopic (exact) mass is 386 g/mol. The lowest BCUT2D eigenvalue weighted by molar-refractivity contribution is -0.114.